The van der Waals surface area contributed by atoms with Gasteiger partial charge in [0.1, 0.15) is 0 Å². The van der Waals surface area contributed by atoms with Crippen molar-refractivity contribution in [3.05, 3.63) is 0 Å². The van der Waals surface area contributed by atoms with Gasteiger partial charge in [0.15, 0.2) is 28.5 Å². The summed E-state index contributed by atoms with van der Waals surface area (Å²) in [5, 5.41) is -0.374. The van der Waals surface area contributed by atoms with Crippen LogP contribution in [0.3, 0.4) is 0 Å². The Morgan fingerprint density at radius 1 is 0.722 bits per heavy atom. The van der Waals surface area contributed by atoms with E-state index in [4.69, 9.17) is 32.5 Å². The van der Waals surface area contributed by atoms with Crippen molar-refractivity contribution in [3.63, 3.8) is 0 Å². The Hall–Kier alpha value is -1.48. The molecule has 1 aliphatic heterocycles. The predicted octanol–water partition coefficient (Wildman–Crippen LogP) is 2.24. The summed E-state index contributed by atoms with van der Waals surface area (Å²) >= 11 is 1.84. The minimum atomic E-state index is -4.44. The molecule has 1 heterocycles. The van der Waals surface area contributed by atoms with E-state index in [9.17, 15) is 28.5 Å². The SMILES string of the molecule is CC(=O)OC1C(C)OC(OP(=O)(OCCSC(C)=O)OCCSC(C)=O)C(OC(C)=O)C1OC(C)=O. The molecule has 0 saturated carbocycles. The Labute approximate surface area is 217 Å². The largest absolute Gasteiger partial charge is 0.477 e. The summed E-state index contributed by atoms with van der Waals surface area (Å²) in [6.45, 7) is 7.06. The highest BCUT2D eigenvalue weighted by atomic mass is 32.2. The molecule has 1 aliphatic rings. The van der Waals surface area contributed by atoms with Gasteiger partial charge in [0.2, 0.25) is 6.29 Å². The van der Waals surface area contributed by atoms with E-state index in [1.54, 1.807) is 0 Å². The molecule has 1 fully saturated rings. The molecule has 0 spiro atoms. The number of esters is 3. The first kappa shape index (κ1) is 32.5. The van der Waals surface area contributed by atoms with Gasteiger partial charge in [-0.2, -0.15) is 0 Å². The lowest BCUT2D eigenvalue weighted by molar-refractivity contribution is -0.283. The minimum Gasteiger partial charge on any atom is -0.456 e. The highest BCUT2D eigenvalue weighted by Crippen LogP contribution is 2.52. The first-order chi connectivity index (χ1) is 16.7. The molecule has 0 bridgehead atoms. The van der Waals surface area contributed by atoms with Crippen LogP contribution >= 0.6 is 31.3 Å². The van der Waals surface area contributed by atoms with E-state index in [0.717, 1.165) is 44.3 Å². The van der Waals surface area contributed by atoms with Crippen LogP contribution in [0.2, 0.25) is 0 Å². The third kappa shape index (κ3) is 12.2. The van der Waals surface area contributed by atoms with Gasteiger partial charge in [0.05, 0.1) is 19.3 Å². The maximum Gasteiger partial charge on any atom is 0.477 e. The number of ether oxygens (including phenoxy) is 4. The van der Waals surface area contributed by atoms with Crippen molar-refractivity contribution in [3.8, 4) is 0 Å². The highest BCUT2D eigenvalue weighted by molar-refractivity contribution is 8.13. The number of phosphoric acid groups is 1. The quantitative estimate of drug-likeness (QED) is 0.136. The molecule has 0 aliphatic carbocycles. The molecular weight excluding hydrogens is 543 g/mol. The summed E-state index contributed by atoms with van der Waals surface area (Å²) in [5.41, 5.74) is 0. The summed E-state index contributed by atoms with van der Waals surface area (Å²) < 4.78 is 51.0. The monoisotopic (exact) mass is 574 g/mol. The molecule has 206 valence electrons. The normalized spacial score (nSPS) is 24.0. The van der Waals surface area contributed by atoms with Crippen molar-refractivity contribution >= 4 is 59.5 Å². The summed E-state index contributed by atoms with van der Waals surface area (Å²) in [6.07, 6.45) is -6.68. The van der Waals surface area contributed by atoms with Crippen LogP contribution in [0.15, 0.2) is 0 Å². The standard InChI is InChI=1S/C20H31O13PS2/c1-11-17(30-12(2)21)18(31-13(3)22)19(32-14(4)23)20(29-11)33-34(26,27-7-9-35-15(5)24)28-8-10-36-16(6)25/h11,17-20H,7-10H2,1-6H3. The van der Waals surface area contributed by atoms with E-state index in [0.29, 0.717) is 0 Å². The van der Waals surface area contributed by atoms with Crippen LogP contribution in [0.25, 0.3) is 0 Å². The van der Waals surface area contributed by atoms with Crippen LogP contribution in [0.4, 0.5) is 0 Å². The molecule has 0 aromatic heterocycles. The molecule has 0 N–H and O–H groups in total. The van der Waals surface area contributed by atoms with E-state index < -0.39 is 56.4 Å². The van der Waals surface area contributed by atoms with Crippen LogP contribution in [0.1, 0.15) is 41.5 Å². The summed E-state index contributed by atoms with van der Waals surface area (Å²) in [5.74, 6) is -2.04. The second kappa shape index (κ2) is 15.7. The molecule has 0 amide bonds. The molecular formula is C20H31O13PS2. The first-order valence-corrected chi connectivity index (χ1v) is 14.2. The second-order valence-corrected chi connectivity index (χ2v) is 11.5. The summed E-state index contributed by atoms with van der Waals surface area (Å²) in [4.78, 5) is 57.6. The lowest BCUT2D eigenvalue weighted by Gasteiger charge is -2.43. The fraction of sp³-hybridized carbons (Fsp3) is 0.750. The van der Waals surface area contributed by atoms with Gasteiger partial charge in [-0.15, -0.1) is 0 Å². The summed E-state index contributed by atoms with van der Waals surface area (Å²) in [6, 6.07) is 0. The molecule has 5 unspecified atom stereocenters. The Morgan fingerprint density at radius 3 is 1.56 bits per heavy atom. The van der Waals surface area contributed by atoms with Crippen LogP contribution in [-0.4, -0.2) is 83.6 Å². The summed E-state index contributed by atoms with van der Waals surface area (Å²) in [7, 11) is -4.44. The van der Waals surface area contributed by atoms with Crippen molar-refractivity contribution in [2.24, 2.45) is 0 Å². The van der Waals surface area contributed by atoms with Crippen molar-refractivity contribution in [1.82, 2.24) is 0 Å². The molecule has 36 heavy (non-hydrogen) atoms. The topological polar surface area (TPSA) is 167 Å². The van der Waals surface area contributed by atoms with Gasteiger partial charge in [-0.3, -0.25) is 37.5 Å². The minimum absolute atomic E-state index is 0.133. The lowest BCUT2D eigenvalue weighted by atomic mass is 9.99. The fourth-order valence-corrected chi connectivity index (χ4v) is 5.35. The van der Waals surface area contributed by atoms with E-state index in [-0.39, 0.29) is 35.0 Å². The lowest BCUT2D eigenvalue weighted by Crippen LogP contribution is -2.61. The average Bonchev–Trinajstić information content (AvgIpc) is 2.73. The van der Waals surface area contributed by atoms with Crippen molar-refractivity contribution < 1.29 is 61.1 Å². The van der Waals surface area contributed by atoms with Crippen LogP contribution in [0.5, 0.6) is 0 Å². The van der Waals surface area contributed by atoms with Gasteiger partial charge in [0, 0.05) is 46.1 Å². The van der Waals surface area contributed by atoms with E-state index in [1.807, 2.05) is 0 Å². The Balaban J connectivity index is 3.21. The Kier molecular flexibility index (Phi) is 14.2. The van der Waals surface area contributed by atoms with Crippen LogP contribution < -0.4 is 0 Å². The molecule has 0 radical (unpaired) electrons. The van der Waals surface area contributed by atoms with Crippen LogP contribution in [-0.2, 0) is 61.1 Å². The number of phosphoric ester groups is 1. The molecule has 5 atom stereocenters. The highest BCUT2D eigenvalue weighted by Gasteiger charge is 2.53. The number of hydrogen-bond acceptors (Lipinski definition) is 15. The zero-order chi connectivity index (χ0) is 27.5. The van der Waals surface area contributed by atoms with Crippen molar-refractivity contribution in [2.45, 2.75) is 72.2 Å². The Bertz CT molecular complexity index is 825. The molecule has 0 aromatic carbocycles. The van der Waals surface area contributed by atoms with Gasteiger partial charge >= 0.3 is 25.7 Å². The molecule has 0 aromatic rings. The second-order valence-electron chi connectivity index (χ2n) is 7.33. The molecule has 16 heteroatoms. The zero-order valence-corrected chi connectivity index (χ0v) is 23.3. The first-order valence-electron chi connectivity index (χ1n) is 10.8. The molecule has 1 rings (SSSR count). The number of rotatable bonds is 13. The maximum absolute atomic E-state index is 13.4. The third-order valence-corrected chi connectivity index (χ3v) is 7.16. The van der Waals surface area contributed by atoms with E-state index in [1.165, 1.54) is 20.8 Å². The van der Waals surface area contributed by atoms with Gasteiger partial charge < -0.3 is 18.9 Å². The number of carbonyl (C=O) groups is 5. The van der Waals surface area contributed by atoms with Gasteiger partial charge in [-0.25, -0.2) is 4.57 Å². The zero-order valence-electron chi connectivity index (χ0n) is 20.8. The van der Waals surface area contributed by atoms with Crippen LogP contribution in [0, 0.1) is 0 Å². The Morgan fingerprint density at radius 2 is 1.14 bits per heavy atom. The number of thioether (sulfide) groups is 2. The van der Waals surface area contributed by atoms with Gasteiger partial charge in [-0.1, -0.05) is 23.5 Å². The fourth-order valence-electron chi connectivity index (χ4n) is 2.95. The van der Waals surface area contributed by atoms with Gasteiger partial charge in [-0.05, 0) is 6.92 Å². The number of hydrogen-bond donors (Lipinski definition) is 0. The van der Waals surface area contributed by atoms with Crippen molar-refractivity contribution in [2.75, 3.05) is 24.7 Å². The third-order valence-electron chi connectivity index (χ3n) is 4.14. The predicted molar refractivity (Wildman–Crippen MR) is 128 cm³/mol. The molecule has 1 saturated heterocycles. The number of carbonyl (C=O) groups excluding carboxylic acids is 5. The van der Waals surface area contributed by atoms with E-state index in [2.05, 4.69) is 0 Å². The smallest absolute Gasteiger partial charge is 0.456 e. The molecule has 13 nitrogen and oxygen atoms in total. The van der Waals surface area contributed by atoms with E-state index >= 15 is 0 Å². The average molecular weight is 575 g/mol. The van der Waals surface area contributed by atoms with Crippen molar-refractivity contribution in [1.29, 1.82) is 0 Å². The van der Waals surface area contributed by atoms with Gasteiger partial charge in [0.25, 0.3) is 0 Å². The maximum atomic E-state index is 13.4.